The molecule has 0 atom stereocenters. The van der Waals surface area contributed by atoms with Gasteiger partial charge < -0.3 is 9.64 Å². The minimum atomic E-state index is -1.26. The quantitative estimate of drug-likeness (QED) is 0.358. The fraction of sp³-hybridized carbons (Fsp3) is 0.500. The molecule has 3 aromatic rings. The third-order valence-electron chi connectivity index (χ3n) is 7.99. The molecular formula is C30H36F2N4O4. The van der Waals surface area contributed by atoms with E-state index in [-0.39, 0.29) is 23.7 Å². The number of alkyl halides is 2. The van der Waals surface area contributed by atoms with Gasteiger partial charge in [0.2, 0.25) is 6.41 Å². The molecule has 5 rings (SSSR count). The van der Waals surface area contributed by atoms with Crippen LogP contribution in [0, 0.1) is 0 Å². The Hall–Kier alpha value is -3.53. The second-order valence-electron chi connectivity index (χ2n) is 10.8. The number of hydrogen-bond donors (Lipinski definition) is 0. The van der Waals surface area contributed by atoms with Gasteiger partial charge in [-0.05, 0) is 68.1 Å². The van der Waals surface area contributed by atoms with Crippen LogP contribution in [0.5, 0.6) is 5.75 Å². The van der Waals surface area contributed by atoms with Crippen LogP contribution >= 0.6 is 0 Å². The van der Waals surface area contributed by atoms with Gasteiger partial charge in [0.05, 0.1) is 17.4 Å². The van der Waals surface area contributed by atoms with E-state index in [1.807, 2.05) is 18.2 Å². The predicted octanol–water partition coefficient (Wildman–Crippen LogP) is 3.68. The van der Waals surface area contributed by atoms with Crippen molar-refractivity contribution < 1.29 is 18.3 Å². The second kappa shape index (κ2) is 12.8. The van der Waals surface area contributed by atoms with Crippen LogP contribution in [-0.4, -0.2) is 71.0 Å². The largest absolute Gasteiger partial charge is 0.485 e. The molecule has 0 spiro atoms. The molecule has 0 radical (unpaired) electrons. The maximum absolute atomic E-state index is 13.9. The van der Waals surface area contributed by atoms with E-state index < -0.39 is 30.7 Å². The van der Waals surface area contributed by atoms with Crippen molar-refractivity contribution in [2.45, 2.75) is 57.3 Å². The van der Waals surface area contributed by atoms with Gasteiger partial charge in [0.15, 0.2) is 6.10 Å². The predicted molar refractivity (Wildman–Crippen MR) is 149 cm³/mol. The van der Waals surface area contributed by atoms with E-state index in [1.54, 1.807) is 15.5 Å². The van der Waals surface area contributed by atoms with Crippen LogP contribution < -0.4 is 16.0 Å². The Bertz CT molecular complexity index is 1440. The number of piperidine rings is 2. The summed E-state index contributed by atoms with van der Waals surface area (Å²) in [6, 6.07) is 12.4. The average Bonchev–Trinajstić information content (AvgIpc) is 2.99. The van der Waals surface area contributed by atoms with Crippen LogP contribution in [-0.2, 0) is 17.9 Å². The molecule has 0 aliphatic carbocycles. The first-order valence-electron chi connectivity index (χ1n) is 14.1. The highest BCUT2D eigenvalue weighted by Crippen LogP contribution is 2.26. The molecule has 10 heteroatoms. The van der Waals surface area contributed by atoms with Gasteiger partial charge >= 0.3 is 5.69 Å². The van der Waals surface area contributed by atoms with Gasteiger partial charge in [0.25, 0.3) is 5.56 Å². The molecule has 0 unspecified atom stereocenters. The minimum absolute atomic E-state index is 0.0945. The first kappa shape index (κ1) is 28.0. The summed E-state index contributed by atoms with van der Waals surface area (Å²) in [5, 5.41) is 0.246. The van der Waals surface area contributed by atoms with Crippen molar-refractivity contribution in [2.75, 3.05) is 39.5 Å². The number of fused-ring (bicyclic) bond motifs is 1. The lowest BCUT2D eigenvalue weighted by molar-refractivity contribution is -0.119. The van der Waals surface area contributed by atoms with Crippen molar-refractivity contribution in [2.24, 2.45) is 0 Å². The normalized spacial score (nSPS) is 17.0. The Balaban J connectivity index is 1.54. The molecule has 214 valence electrons. The van der Waals surface area contributed by atoms with E-state index in [4.69, 9.17) is 4.74 Å². The van der Waals surface area contributed by atoms with Crippen LogP contribution in [0.3, 0.4) is 0 Å². The Labute approximate surface area is 231 Å². The number of carbonyl (C=O) groups is 1. The molecule has 8 nitrogen and oxygen atoms in total. The highest BCUT2D eigenvalue weighted by Gasteiger charge is 2.25. The van der Waals surface area contributed by atoms with Gasteiger partial charge in [-0.3, -0.25) is 23.6 Å². The number of carbonyl (C=O) groups excluding carboxylic acids is 1. The van der Waals surface area contributed by atoms with Gasteiger partial charge in [-0.1, -0.05) is 30.7 Å². The molecule has 2 saturated heterocycles. The maximum Gasteiger partial charge on any atom is 0.332 e. The fourth-order valence-electron chi connectivity index (χ4n) is 5.86. The average molecular weight is 555 g/mol. The van der Waals surface area contributed by atoms with Crippen molar-refractivity contribution in [1.29, 1.82) is 0 Å². The molecule has 0 bridgehead atoms. The summed E-state index contributed by atoms with van der Waals surface area (Å²) in [4.78, 5) is 43.0. The SMILES string of the molecule is O=CN1CCC(n2c(=O)n(Cc3cccc(CN4CCCCC4)c3)c(=O)c3cc(OC(CF)CF)ccc32)CC1. The van der Waals surface area contributed by atoms with Gasteiger partial charge in [0, 0.05) is 25.7 Å². The van der Waals surface area contributed by atoms with Crippen LogP contribution in [0.1, 0.15) is 49.3 Å². The second-order valence-corrected chi connectivity index (χ2v) is 10.8. The number of likely N-dealkylation sites (tertiary alicyclic amines) is 2. The number of halogens is 2. The van der Waals surface area contributed by atoms with E-state index >= 15 is 0 Å². The zero-order chi connectivity index (χ0) is 28.1. The molecule has 3 heterocycles. The van der Waals surface area contributed by atoms with Gasteiger partial charge in [-0.25, -0.2) is 13.6 Å². The number of amides is 1. The van der Waals surface area contributed by atoms with Gasteiger partial charge in [0.1, 0.15) is 19.1 Å². The van der Waals surface area contributed by atoms with E-state index in [9.17, 15) is 23.2 Å². The summed E-state index contributed by atoms with van der Waals surface area (Å²) in [5.74, 6) is 0.168. The highest BCUT2D eigenvalue weighted by molar-refractivity contribution is 5.80. The van der Waals surface area contributed by atoms with Crippen LogP contribution in [0.25, 0.3) is 10.9 Å². The van der Waals surface area contributed by atoms with Gasteiger partial charge in [-0.2, -0.15) is 0 Å². The summed E-state index contributed by atoms with van der Waals surface area (Å²) < 4.78 is 34.6. The number of rotatable bonds is 10. The standard InChI is InChI=1S/C30H36F2N4O4/c31-17-26(18-32)40-25-7-8-28-27(16-25)29(38)35(30(39)36(28)24-9-13-34(21-37)14-10-24)20-23-6-4-5-22(15-23)19-33-11-2-1-3-12-33/h4-8,15-16,21,24,26H,1-3,9-14,17-20H2. The van der Waals surface area contributed by atoms with Crippen molar-refractivity contribution >= 4 is 17.3 Å². The third-order valence-corrected chi connectivity index (χ3v) is 7.99. The van der Waals surface area contributed by atoms with E-state index in [0.29, 0.717) is 31.4 Å². The number of ether oxygens (including phenoxy) is 1. The minimum Gasteiger partial charge on any atom is -0.485 e. The summed E-state index contributed by atoms with van der Waals surface area (Å²) in [5.41, 5.74) is 1.53. The van der Waals surface area contributed by atoms with Crippen LogP contribution in [0.15, 0.2) is 52.1 Å². The zero-order valence-electron chi connectivity index (χ0n) is 22.6. The molecule has 2 fully saturated rings. The topological polar surface area (TPSA) is 76.8 Å². The van der Waals surface area contributed by atoms with Crippen molar-refractivity contribution in [3.05, 3.63) is 74.4 Å². The van der Waals surface area contributed by atoms with Crippen molar-refractivity contribution in [3.63, 3.8) is 0 Å². The molecular weight excluding hydrogens is 518 g/mol. The summed E-state index contributed by atoms with van der Waals surface area (Å²) in [7, 11) is 0. The molecule has 1 aromatic heterocycles. The van der Waals surface area contributed by atoms with Gasteiger partial charge in [-0.15, -0.1) is 0 Å². The van der Waals surface area contributed by atoms with E-state index in [0.717, 1.165) is 37.2 Å². The molecule has 1 amide bonds. The monoisotopic (exact) mass is 554 g/mol. The molecule has 2 aliphatic rings. The van der Waals surface area contributed by atoms with E-state index in [1.165, 1.54) is 36.0 Å². The summed E-state index contributed by atoms with van der Waals surface area (Å²) >= 11 is 0. The van der Waals surface area contributed by atoms with Crippen LogP contribution in [0.2, 0.25) is 0 Å². The number of hydrogen-bond acceptors (Lipinski definition) is 5. The Kier molecular flexibility index (Phi) is 8.94. The lowest BCUT2D eigenvalue weighted by Gasteiger charge is -2.31. The first-order chi connectivity index (χ1) is 19.5. The Morgan fingerprint density at radius 3 is 2.27 bits per heavy atom. The van der Waals surface area contributed by atoms with Crippen LogP contribution in [0.4, 0.5) is 8.78 Å². The highest BCUT2D eigenvalue weighted by atomic mass is 19.1. The zero-order valence-corrected chi connectivity index (χ0v) is 22.6. The lowest BCUT2D eigenvalue weighted by Crippen LogP contribution is -2.44. The number of aromatic nitrogens is 2. The van der Waals surface area contributed by atoms with Crippen molar-refractivity contribution in [3.8, 4) is 5.75 Å². The lowest BCUT2D eigenvalue weighted by atomic mass is 10.0. The summed E-state index contributed by atoms with van der Waals surface area (Å²) in [6.07, 6.45) is 4.34. The smallest absolute Gasteiger partial charge is 0.332 e. The molecule has 2 aromatic carbocycles. The number of nitrogens with zero attached hydrogens (tertiary/aromatic N) is 4. The molecule has 2 aliphatic heterocycles. The summed E-state index contributed by atoms with van der Waals surface area (Å²) in [6.45, 7) is 2.08. The van der Waals surface area contributed by atoms with E-state index in [2.05, 4.69) is 11.0 Å². The Morgan fingerprint density at radius 1 is 0.900 bits per heavy atom. The molecule has 0 N–H and O–H groups in total. The fourth-order valence-corrected chi connectivity index (χ4v) is 5.86. The first-order valence-corrected chi connectivity index (χ1v) is 14.1. The maximum atomic E-state index is 13.9. The molecule has 40 heavy (non-hydrogen) atoms. The van der Waals surface area contributed by atoms with Crippen molar-refractivity contribution in [1.82, 2.24) is 18.9 Å². The Morgan fingerprint density at radius 2 is 1.60 bits per heavy atom. The number of benzene rings is 2. The third kappa shape index (κ3) is 6.11. The molecule has 0 saturated carbocycles.